The predicted octanol–water partition coefficient (Wildman–Crippen LogP) is 35.5. The SMILES string of the molecule is CC1(C)c2ccccc2-c2ccc(N(c3ccc4c(c3)-c3cc(-c5ccc6c(c5)Sc5ccccc5C65c6ccccc6-c6cc(N(c7cccc8c7-c7ccccc7C87c8ccccc8Oc8ccccc87)c7cccc8c7-c7ccccc7C87c8ccccc8-c8ccccc87)ccc65)ccc3C43c4ccccc4Sc4ccccc43)c3cccc4c3-c3ccccc3C43c4ccccc4Oc4ccccc43)cc21. The lowest BCUT2D eigenvalue weighted by atomic mass is 9.66. The fraction of sp³-hybridized carbons (Fsp3) is 0.0571. The van der Waals surface area contributed by atoms with E-state index in [1.165, 1.54) is 198 Å². The summed E-state index contributed by atoms with van der Waals surface area (Å²) in [4.78, 5) is 10.3. The van der Waals surface area contributed by atoms with Crippen molar-refractivity contribution in [3.8, 4) is 112 Å². The first-order valence-corrected chi connectivity index (χ1v) is 52.6. The number of benzene rings is 22. The van der Waals surface area contributed by atoms with Gasteiger partial charge in [-0.25, -0.2) is 0 Å². The lowest BCUT2D eigenvalue weighted by molar-refractivity contribution is 0.436. The standard InChI is InChI=1S/C140H86N2O2S2/c1-135(2)99-41-10-3-34-88(99)92-73-70-87(82-120(92)135)141(121-58-31-56-118-132(121)94-39-8-15-46-104(94)139(118)109-48-17-24-61-124(109)143-125-62-25-18-49-110(125)139)85-71-76-108-98(80-85)96-78-83(68-74-106(96)138(108)113-52-21-28-65-128(113)145-129-66-29-22-53-114(129)138)84-69-75-116-131(79-84)146-130-67-30-23-54-115(130)137(116)102-44-13-6-37-91(102)97-81-86(72-77-107(97)137)142(122-59-32-55-117-133(122)93-38-7-14-45-103(93)136(117)100-42-11-4-35-89(100)90-36-5-12-43-101(90)136)123-60-33-57-119-134(123)95-40-9-16-47-105(95)140(119)111-50-19-26-63-126(111)144-127-64-27-20-51-112(127)140/h3-82H,1-2H3. The Balaban J connectivity index is 0.587. The summed E-state index contributed by atoms with van der Waals surface area (Å²) in [6.45, 7) is 4.82. The molecule has 1 unspecified atom stereocenters. The molecule has 0 N–H and O–H groups in total. The van der Waals surface area contributed by atoms with Crippen molar-refractivity contribution in [2.45, 2.75) is 65.9 Å². The Morgan fingerprint density at radius 2 is 0.418 bits per heavy atom. The minimum atomic E-state index is -0.734. The summed E-state index contributed by atoms with van der Waals surface area (Å²) >= 11 is 3.80. The highest BCUT2D eigenvalue weighted by Crippen LogP contribution is 2.73. The molecular formula is C140H86N2O2S2. The van der Waals surface area contributed by atoms with Gasteiger partial charge < -0.3 is 19.3 Å². The average Bonchev–Trinajstić information content (AvgIpc) is 1.49. The molecule has 0 fully saturated rings. The van der Waals surface area contributed by atoms with Crippen LogP contribution in [0.15, 0.2) is 505 Å². The molecule has 0 amide bonds. The highest BCUT2D eigenvalue weighted by atomic mass is 32.2. The number of anilines is 6. The van der Waals surface area contributed by atoms with E-state index in [4.69, 9.17) is 9.47 Å². The lowest BCUT2D eigenvalue weighted by Gasteiger charge is -2.40. The molecule has 7 aliphatic carbocycles. The van der Waals surface area contributed by atoms with Gasteiger partial charge in [-0.3, -0.25) is 0 Å². The van der Waals surface area contributed by atoms with E-state index < -0.39 is 27.1 Å². The number of nitrogens with zero attached hydrogens (tertiary/aromatic N) is 2. The fourth-order valence-corrected chi connectivity index (χ4v) is 32.0. The van der Waals surface area contributed by atoms with Crippen molar-refractivity contribution < 1.29 is 9.47 Å². The number of ether oxygens (including phenoxy) is 2. The van der Waals surface area contributed by atoms with Gasteiger partial charge in [0, 0.05) is 81.0 Å². The molecule has 680 valence electrons. The van der Waals surface area contributed by atoms with Crippen LogP contribution in [0, 0.1) is 0 Å². The van der Waals surface area contributed by atoms with Crippen LogP contribution in [0.3, 0.4) is 0 Å². The second kappa shape index (κ2) is 29.3. The summed E-state index contributed by atoms with van der Waals surface area (Å²) in [5.74, 6) is 3.48. The molecule has 11 aliphatic rings. The minimum absolute atomic E-state index is 0.281. The van der Waals surface area contributed by atoms with Crippen LogP contribution in [0.2, 0.25) is 0 Å². The number of para-hydroxylation sites is 4. The van der Waals surface area contributed by atoms with Crippen LogP contribution in [0.5, 0.6) is 23.0 Å². The van der Waals surface area contributed by atoms with Crippen LogP contribution in [-0.4, -0.2) is 0 Å². The van der Waals surface area contributed by atoms with Gasteiger partial charge in [-0.2, -0.15) is 0 Å². The van der Waals surface area contributed by atoms with Gasteiger partial charge in [-0.1, -0.05) is 413 Å². The molecule has 0 saturated heterocycles. The van der Waals surface area contributed by atoms with Gasteiger partial charge in [-0.05, 0) is 282 Å². The molecule has 22 aromatic carbocycles. The fourth-order valence-electron chi connectivity index (χ4n) is 29.5. The first-order valence-electron chi connectivity index (χ1n) is 51.0. The van der Waals surface area contributed by atoms with Crippen molar-refractivity contribution in [2.24, 2.45) is 0 Å². The summed E-state index contributed by atoms with van der Waals surface area (Å²) in [6.07, 6.45) is 0. The van der Waals surface area contributed by atoms with Crippen LogP contribution in [0.1, 0.15) is 136 Å². The van der Waals surface area contributed by atoms with Crippen molar-refractivity contribution >= 4 is 57.6 Å². The maximum Gasteiger partial charge on any atom is 0.132 e. The van der Waals surface area contributed by atoms with E-state index in [-0.39, 0.29) is 5.41 Å². The van der Waals surface area contributed by atoms with Gasteiger partial charge in [0.25, 0.3) is 0 Å². The zero-order chi connectivity index (χ0) is 95.6. The third-order valence-electron chi connectivity index (χ3n) is 34.9. The number of rotatable bonds is 7. The molecule has 146 heavy (non-hydrogen) atoms. The van der Waals surface area contributed by atoms with Crippen molar-refractivity contribution in [1.82, 2.24) is 0 Å². The third-order valence-corrected chi connectivity index (χ3v) is 37.2. The van der Waals surface area contributed by atoms with E-state index >= 15 is 0 Å². The van der Waals surface area contributed by atoms with Gasteiger partial charge in [0.15, 0.2) is 0 Å². The minimum Gasteiger partial charge on any atom is -0.457 e. The largest absolute Gasteiger partial charge is 0.457 e. The Hall–Kier alpha value is -17.3. The second-order valence-electron chi connectivity index (χ2n) is 41.5. The van der Waals surface area contributed by atoms with Gasteiger partial charge in [0.2, 0.25) is 0 Å². The van der Waals surface area contributed by atoms with E-state index in [1.54, 1.807) is 0 Å². The van der Waals surface area contributed by atoms with Crippen LogP contribution >= 0.6 is 23.5 Å². The summed E-state index contributed by atoms with van der Waals surface area (Å²) in [5, 5.41) is 0. The zero-order valence-corrected chi connectivity index (χ0v) is 81.3. The summed E-state index contributed by atoms with van der Waals surface area (Å²) in [6, 6.07) is 186. The van der Waals surface area contributed by atoms with Crippen molar-refractivity contribution in [3.63, 3.8) is 0 Å². The van der Waals surface area contributed by atoms with Crippen LogP contribution in [-0.2, 0) is 32.5 Å². The molecule has 0 aromatic heterocycles. The van der Waals surface area contributed by atoms with E-state index in [1.807, 2.05) is 23.5 Å². The Labute approximate surface area is 855 Å². The van der Waals surface area contributed by atoms with Crippen LogP contribution < -0.4 is 19.3 Å². The number of hydrogen-bond acceptors (Lipinski definition) is 6. The first kappa shape index (κ1) is 81.3. The molecule has 33 rings (SSSR count). The highest BCUT2D eigenvalue weighted by molar-refractivity contribution is 7.99. The molecular weight excluding hydrogens is 1810 g/mol. The summed E-state index contributed by atoms with van der Waals surface area (Å²) in [5.41, 5.74) is 50.0. The average molecular weight is 1890 g/mol. The van der Waals surface area contributed by atoms with E-state index in [0.717, 1.165) is 90.5 Å². The summed E-state index contributed by atoms with van der Waals surface area (Å²) < 4.78 is 14.0. The maximum atomic E-state index is 7.01. The monoisotopic (exact) mass is 1890 g/mol. The second-order valence-corrected chi connectivity index (χ2v) is 43.7. The maximum absolute atomic E-state index is 7.01. The van der Waals surface area contributed by atoms with Crippen molar-refractivity contribution in [2.75, 3.05) is 9.80 Å². The van der Waals surface area contributed by atoms with Crippen molar-refractivity contribution in [1.29, 1.82) is 0 Å². The molecule has 5 spiro atoms. The van der Waals surface area contributed by atoms with Crippen LogP contribution in [0.4, 0.5) is 34.1 Å². The molecule has 4 heterocycles. The number of hydrogen-bond donors (Lipinski definition) is 0. The molecule has 4 aliphatic heterocycles. The van der Waals surface area contributed by atoms with E-state index in [9.17, 15) is 0 Å². The Bertz CT molecular complexity index is 9460. The van der Waals surface area contributed by atoms with Crippen LogP contribution in [0.25, 0.3) is 89.0 Å². The molecule has 6 heteroatoms. The normalized spacial score (nSPS) is 16.2. The van der Waals surface area contributed by atoms with Gasteiger partial charge in [0.05, 0.1) is 44.1 Å². The molecule has 0 bridgehead atoms. The topological polar surface area (TPSA) is 24.9 Å². The third kappa shape index (κ3) is 10.00. The smallest absolute Gasteiger partial charge is 0.132 e. The van der Waals surface area contributed by atoms with E-state index in [2.05, 4.69) is 509 Å². The zero-order valence-electron chi connectivity index (χ0n) is 79.7. The predicted molar refractivity (Wildman–Crippen MR) is 593 cm³/mol. The molecule has 4 nitrogen and oxygen atoms in total. The Morgan fingerprint density at radius 1 is 0.164 bits per heavy atom. The van der Waals surface area contributed by atoms with Crippen molar-refractivity contribution in [3.05, 3.63) is 608 Å². The Kier molecular flexibility index (Phi) is 16.3. The molecule has 0 saturated carbocycles. The molecule has 0 radical (unpaired) electrons. The van der Waals surface area contributed by atoms with Gasteiger partial charge >= 0.3 is 0 Å². The summed E-state index contributed by atoms with van der Waals surface area (Å²) in [7, 11) is 0. The number of fused-ring (bicyclic) bond motifs is 49. The molecule has 1 atom stereocenters. The van der Waals surface area contributed by atoms with E-state index in [0.29, 0.717) is 0 Å². The lowest BCUT2D eigenvalue weighted by Crippen LogP contribution is -2.32. The van der Waals surface area contributed by atoms with Gasteiger partial charge in [-0.15, -0.1) is 0 Å². The quantitative estimate of drug-likeness (QED) is 0.158. The van der Waals surface area contributed by atoms with Gasteiger partial charge in [0.1, 0.15) is 23.0 Å². The molecule has 22 aromatic rings. The Morgan fingerprint density at radius 3 is 0.849 bits per heavy atom. The first-order chi connectivity index (χ1) is 72.2. The highest BCUT2D eigenvalue weighted by Gasteiger charge is 2.59.